The second-order valence-corrected chi connectivity index (χ2v) is 6.04. The van der Waals surface area contributed by atoms with Crippen LogP contribution < -0.4 is 10.6 Å². The molecule has 1 aliphatic carbocycles. The lowest BCUT2D eigenvalue weighted by Gasteiger charge is -2.26. The molecule has 2 N–H and O–H groups in total. The van der Waals surface area contributed by atoms with Gasteiger partial charge in [0, 0.05) is 11.3 Å². The zero-order chi connectivity index (χ0) is 17.6. The highest BCUT2D eigenvalue weighted by Crippen LogP contribution is 2.29. The van der Waals surface area contributed by atoms with Crippen LogP contribution >= 0.6 is 0 Å². The number of hydrogen-bond acceptors (Lipinski definition) is 3. The molecule has 0 heterocycles. The molecule has 5 heteroatoms. The fraction of sp³-hybridized carbons (Fsp3) is 0.300. The summed E-state index contributed by atoms with van der Waals surface area (Å²) in [6, 6.07) is 15.1. The minimum atomic E-state index is -0.501. The molecule has 0 radical (unpaired) electrons. The third-order valence-corrected chi connectivity index (χ3v) is 4.34. The van der Waals surface area contributed by atoms with Crippen LogP contribution in [-0.4, -0.2) is 18.6 Å². The van der Waals surface area contributed by atoms with Crippen LogP contribution in [0.15, 0.2) is 48.5 Å². The Kier molecular flexibility index (Phi) is 5.33. The average Bonchev–Trinajstić information content (AvgIpc) is 2.63. The quantitative estimate of drug-likeness (QED) is 0.883. The molecule has 0 spiro atoms. The number of benzene rings is 2. The molecule has 2 aromatic carbocycles. The van der Waals surface area contributed by atoms with E-state index in [-0.39, 0.29) is 11.9 Å². The topological polar surface area (TPSA) is 67.4 Å². The fourth-order valence-electron chi connectivity index (χ4n) is 3.14. The molecule has 1 atom stereocenters. The van der Waals surface area contributed by atoms with Crippen LogP contribution in [0.5, 0.6) is 0 Å². The minimum absolute atomic E-state index is 0.0507. The van der Waals surface area contributed by atoms with Gasteiger partial charge in [0.15, 0.2) is 0 Å². The Morgan fingerprint density at radius 2 is 1.88 bits per heavy atom. The van der Waals surface area contributed by atoms with Crippen LogP contribution in [0.2, 0.25) is 0 Å². The number of nitrogens with one attached hydrogen (secondary N) is 2. The number of rotatable bonds is 4. The molecule has 1 aliphatic rings. The van der Waals surface area contributed by atoms with E-state index in [2.05, 4.69) is 22.8 Å². The molecule has 0 bridgehead atoms. The summed E-state index contributed by atoms with van der Waals surface area (Å²) in [5.41, 5.74) is 3.69. The van der Waals surface area contributed by atoms with E-state index < -0.39 is 6.09 Å². The Bertz CT molecular complexity index is 756. The number of carbonyl (C=O) groups is 2. The van der Waals surface area contributed by atoms with E-state index in [0.29, 0.717) is 17.9 Å². The molecule has 0 aliphatic heterocycles. The second kappa shape index (κ2) is 7.83. The van der Waals surface area contributed by atoms with E-state index in [1.54, 1.807) is 31.2 Å². The highest BCUT2D eigenvalue weighted by atomic mass is 16.5. The number of carbonyl (C=O) groups excluding carboxylic acids is 2. The lowest BCUT2D eigenvalue weighted by molar-refractivity contribution is 0.0932. The maximum atomic E-state index is 12.5. The summed E-state index contributed by atoms with van der Waals surface area (Å²) < 4.78 is 4.83. The van der Waals surface area contributed by atoms with Crippen LogP contribution in [0.1, 0.15) is 47.3 Å². The van der Waals surface area contributed by atoms with Gasteiger partial charge in [-0.2, -0.15) is 0 Å². The molecule has 0 unspecified atom stereocenters. The van der Waals surface area contributed by atoms with Gasteiger partial charge >= 0.3 is 6.09 Å². The monoisotopic (exact) mass is 338 g/mol. The third kappa shape index (κ3) is 4.18. The smallest absolute Gasteiger partial charge is 0.411 e. The Hall–Kier alpha value is -2.82. The van der Waals surface area contributed by atoms with Crippen molar-refractivity contribution in [3.63, 3.8) is 0 Å². The van der Waals surface area contributed by atoms with Crippen molar-refractivity contribution in [1.82, 2.24) is 5.32 Å². The number of ether oxygens (including phenoxy) is 1. The molecule has 2 amide bonds. The highest BCUT2D eigenvalue weighted by molar-refractivity contribution is 5.95. The standard InChI is InChI=1S/C20H22N2O3/c1-2-25-20(24)21-16-12-10-15(11-13-16)19(23)22-18-9-5-7-14-6-3-4-8-17(14)18/h3-4,6,8,10-13,18H,2,5,7,9H2,1H3,(H,21,24)(H,22,23)/t18-/m0/s1. The van der Waals surface area contributed by atoms with E-state index in [1.165, 1.54) is 11.1 Å². The lowest BCUT2D eigenvalue weighted by atomic mass is 9.87. The van der Waals surface area contributed by atoms with Gasteiger partial charge in [-0.05, 0) is 61.6 Å². The molecule has 0 aromatic heterocycles. The average molecular weight is 338 g/mol. The van der Waals surface area contributed by atoms with Gasteiger partial charge in [0.25, 0.3) is 5.91 Å². The molecule has 130 valence electrons. The number of fused-ring (bicyclic) bond motifs is 1. The van der Waals surface area contributed by atoms with Gasteiger partial charge in [-0.1, -0.05) is 24.3 Å². The predicted octanol–water partition coefficient (Wildman–Crippen LogP) is 4.06. The summed E-state index contributed by atoms with van der Waals surface area (Å²) in [6.45, 7) is 2.06. The zero-order valence-electron chi connectivity index (χ0n) is 14.2. The molecule has 2 aromatic rings. The summed E-state index contributed by atoms with van der Waals surface area (Å²) in [5.74, 6) is -0.107. The first kappa shape index (κ1) is 17.0. The SMILES string of the molecule is CCOC(=O)Nc1ccc(C(=O)N[C@H]2CCCc3ccccc32)cc1. The van der Waals surface area contributed by atoms with E-state index in [1.807, 2.05) is 12.1 Å². The molecule has 0 fully saturated rings. The van der Waals surface area contributed by atoms with Crippen molar-refractivity contribution in [2.45, 2.75) is 32.2 Å². The maximum Gasteiger partial charge on any atom is 0.411 e. The molecular formula is C20H22N2O3. The normalized spacial score (nSPS) is 15.8. The van der Waals surface area contributed by atoms with E-state index >= 15 is 0 Å². The fourth-order valence-corrected chi connectivity index (χ4v) is 3.14. The largest absolute Gasteiger partial charge is 0.450 e. The Morgan fingerprint density at radius 3 is 2.64 bits per heavy atom. The molecule has 3 rings (SSSR count). The first-order valence-corrected chi connectivity index (χ1v) is 8.60. The van der Waals surface area contributed by atoms with Crippen LogP contribution in [0.3, 0.4) is 0 Å². The van der Waals surface area contributed by atoms with Crippen molar-refractivity contribution in [2.75, 3.05) is 11.9 Å². The van der Waals surface area contributed by atoms with Gasteiger partial charge < -0.3 is 10.1 Å². The second-order valence-electron chi connectivity index (χ2n) is 6.04. The first-order valence-electron chi connectivity index (χ1n) is 8.60. The van der Waals surface area contributed by atoms with Gasteiger partial charge in [-0.25, -0.2) is 4.79 Å². The summed E-state index contributed by atoms with van der Waals surface area (Å²) in [6.07, 6.45) is 2.59. The number of aryl methyl sites for hydroxylation is 1. The van der Waals surface area contributed by atoms with E-state index in [4.69, 9.17) is 4.74 Å². The van der Waals surface area contributed by atoms with Gasteiger partial charge in [0.2, 0.25) is 0 Å². The number of hydrogen-bond donors (Lipinski definition) is 2. The first-order chi connectivity index (χ1) is 12.2. The summed E-state index contributed by atoms with van der Waals surface area (Å²) >= 11 is 0. The number of anilines is 1. The Balaban J connectivity index is 1.65. The third-order valence-electron chi connectivity index (χ3n) is 4.34. The van der Waals surface area contributed by atoms with Crippen molar-refractivity contribution in [1.29, 1.82) is 0 Å². The predicted molar refractivity (Wildman–Crippen MR) is 96.7 cm³/mol. The minimum Gasteiger partial charge on any atom is -0.450 e. The molecule has 5 nitrogen and oxygen atoms in total. The summed E-state index contributed by atoms with van der Waals surface area (Å²) in [4.78, 5) is 23.9. The van der Waals surface area contributed by atoms with E-state index in [9.17, 15) is 9.59 Å². The number of amides is 2. The molecule has 25 heavy (non-hydrogen) atoms. The zero-order valence-corrected chi connectivity index (χ0v) is 14.2. The molecule has 0 saturated heterocycles. The van der Waals surface area contributed by atoms with E-state index in [0.717, 1.165) is 19.3 Å². The van der Waals surface area contributed by atoms with Gasteiger partial charge in [-0.15, -0.1) is 0 Å². The van der Waals surface area contributed by atoms with Gasteiger partial charge in [0.05, 0.1) is 12.6 Å². The molecular weight excluding hydrogens is 316 g/mol. The highest BCUT2D eigenvalue weighted by Gasteiger charge is 2.21. The van der Waals surface area contributed by atoms with Crippen LogP contribution in [-0.2, 0) is 11.2 Å². The maximum absolute atomic E-state index is 12.5. The Morgan fingerprint density at radius 1 is 1.12 bits per heavy atom. The van der Waals surface area contributed by atoms with Crippen LogP contribution in [0, 0.1) is 0 Å². The summed E-state index contributed by atoms with van der Waals surface area (Å²) in [7, 11) is 0. The van der Waals surface area contributed by atoms with Crippen molar-refractivity contribution < 1.29 is 14.3 Å². The van der Waals surface area contributed by atoms with Gasteiger partial charge in [0.1, 0.15) is 0 Å². The van der Waals surface area contributed by atoms with Crippen molar-refractivity contribution >= 4 is 17.7 Å². The summed E-state index contributed by atoms with van der Waals surface area (Å²) in [5, 5.41) is 5.73. The van der Waals surface area contributed by atoms with Crippen molar-refractivity contribution in [3.05, 3.63) is 65.2 Å². The van der Waals surface area contributed by atoms with Crippen LogP contribution in [0.4, 0.5) is 10.5 Å². The molecule has 0 saturated carbocycles. The van der Waals surface area contributed by atoms with Crippen LogP contribution in [0.25, 0.3) is 0 Å². The lowest BCUT2D eigenvalue weighted by Crippen LogP contribution is -2.30. The van der Waals surface area contributed by atoms with Crippen molar-refractivity contribution in [3.8, 4) is 0 Å². The van der Waals surface area contributed by atoms with Gasteiger partial charge in [-0.3, -0.25) is 10.1 Å². The van der Waals surface area contributed by atoms with Crippen molar-refractivity contribution in [2.24, 2.45) is 0 Å². The Labute approximate surface area is 147 Å².